The quantitative estimate of drug-likeness (QED) is 0.785. The maximum absolute atomic E-state index is 3.69. The molecule has 1 N–H and O–H groups in total. The smallest absolute Gasteiger partial charge is 0.00966 e. The first-order chi connectivity index (χ1) is 7.53. The van der Waals surface area contributed by atoms with Crippen LogP contribution in [0.1, 0.15) is 52.9 Å². The van der Waals surface area contributed by atoms with Gasteiger partial charge in [-0.25, -0.2) is 0 Å². The Hall–Kier alpha value is 0.310. The molecule has 1 rings (SSSR count). The van der Waals surface area contributed by atoms with Crippen LogP contribution in [0.4, 0.5) is 0 Å². The summed E-state index contributed by atoms with van der Waals surface area (Å²) in [5, 5.41) is 3.69. The Morgan fingerprint density at radius 1 is 1.12 bits per heavy atom. The van der Waals surface area contributed by atoms with Crippen molar-refractivity contribution in [3.05, 3.63) is 0 Å². The van der Waals surface area contributed by atoms with Crippen molar-refractivity contribution in [1.29, 1.82) is 0 Å². The maximum atomic E-state index is 3.69. The van der Waals surface area contributed by atoms with Crippen molar-refractivity contribution in [3.8, 4) is 0 Å². The van der Waals surface area contributed by atoms with E-state index in [1.165, 1.54) is 44.4 Å². The predicted octanol–water partition coefficient (Wildman–Crippen LogP) is 3.93. The van der Waals surface area contributed by atoms with Gasteiger partial charge in [0.05, 0.1) is 0 Å². The van der Waals surface area contributed by atoms with Crippen LogP contribution in [-0.2, 0) is 0 Å². The second-order valence-electron chi connectivity index (χ2n) is 6.22. The van der Waals surface area contributed by atoms with Gasteiger partial charge in [0, 0.05) is 5.54 Å². The first kappa shape index (κ1) is 14.4. The highest BCUT2D eigenvalue weighted by atomic mass is 32.2. The molecule has 2 unspecified atom stereocenters. The van der Waals surface area contributed by atoms with E-state index in [4.69, 9.17) is 0 Å². The van der Waals surface area contributed by atoms with Crippen molar-refractivity contribution < 1.29 is 0 Å². The molecule has 0 aromatic carbocycles. The van der Waals surface area contributed by atoms with Crippen LogP contribution in [-0.4, -0.2) is 24.1 Å². The fourth-order valence-electron chi connectivity index (χ4n) is 2.64. The van der Waals surface area contributed by atoms with Gasteiger partial charge in [-0.3, -0.25) is 0 Å². The predicted molar refractivity (Wildman–Crippen MR) is 76.2 cm³/mol. The third-order valence-electron chi connectivity index (χ3n) is 3.65. The van der Waals surface area contributed by atoms with E-state index in [1.54, 1.807) is 0 Å². The lowest BCUT2D eigenvalue weighted by Gasteiger charge is -2.34. The van der Waals surface area contributed by atoms with Crippen LogP contribution < -0.4 is 5.32 Å². The number of thioether (sulfide) groups is 1. The summed E-state index contributed by atoms with van der Waals surface area (Å²) in [4.78, 5) is 0. The number of rotatable bonds is 5. The molecule has 1 saturated carbocycles. The maximum Gasteiger partial charge on any atom is 0.00966 e. The topological polar surface area (TPSA) is 12.0 Å². The Morgan fingerprint density at radius 2 is 1.75 bits per heavy atom. The highest BCUT2D eigenvalue weighted by molar-refractivity contribution is 7.98. The zero-order valence-corrected chi connectivity index (χ0v) is 12.3. The van der Waals surface area contributed by atoms with E-state index in [2.05, 4.69) is 32.3 Å². The summed E-state index contributed by atoms with van der Waals surface area (Å²) in [6, 6.07) is 0. The van der Waals surface area contributed by atoms with E-state index in [-0.39, 0.29) is 5.54 Å². The molecular weight excluding hydrogens is 214 g/mol. The molecule has 0 amide bonds. The highest BCUT2D eigenvalue weighted by Gasteiger charge is 2.25. The largest absolute Gasteiger partial charge is 0.312 e. The zero-order valence-electron chi connectivity index (χ0n) is 11.5. The summed E-state index contributed by atoms with van der Waals surface area (Å²) < 4.78 is 0. The molecule has 2 atom stereocenters. The average Bonchev–Trinajstić information content (AvgIpc) is 2.23. The van der Waals surface area contributed by atoms with Gasteiger partial charge in [-0.1, -0.05) is 19.3 Å². The molecular formula is C14H29NS. The zero-order chi connectivity index (χ0) is 12.0. The fourth-order valence-corrected chi connectivity index (χ4v) is 3.18. The average molecular weight is 243 g/mol. The summed E-state index contributed by atoms with van der Waals surface area (Å²) in [5.41, 5.74) is 0.279. The summed E-state index contributed by atoms with van der Waals surface area (Å²) in [7, 11) is 0. The van der Waals surface area contributed by atoms with E-state index in [0.717, 1.165) is 11.8 Å². The van der Waals surface area contributed by atoms with Crippen molar-refractivity contribution in [1.82, 2.24) is 5.32 Å². The van der Waals surface area contributed by atoms with Gasteiger partial charge in [-0.15, -0.1) is 0 Å². The summed E-state index contributed by atoms with van der Waals surface area (Å²) in [5.74, 6) is 3.26. The van der Waals surface area contributed by atoms with Crippen LogP contribution in [0.3, 0.4) is 0 Å². The highest BCUT2D eigenvalue weighted by Crippen LogP contribution is 2.32. The normalized spacial score (nSPS) is 27.0. The molecule has 0 aromatic heterocycles. The Labute approximate surface area is 106 Å². The number of hydrogen-bond acceptors (Lipinski definition) is 2. The van der Waals surface area contributed by atoms with E-state index in [9.17, 15) is 0 Å². The van der Waals surface area contributed by atoms with Crippen LogP contribution >= 0.6 is 11.8 Å². The molecule has 1 aliphatic carbocycles. The van der Waals surface area contributed by atoms with E-state index < -0.39 is 0 Å². The molecule has 0 heterocycles. The third kappa shape index (κ3) is 5.58. The third-order valence-corrected chi connectivity index (χ3v) is 4.30. The van der Waals surface area contributed by atoms with Crippen molar-refractivity contribution in [2.75, 3.05) is 18.6 Å². The van der Waals surface area contributed by atoms with E-state index in [0.29, 0.717) is 0 Å². The number of hydrogen-bond donors (Lipinski definition) is 1. The standard InChI is InChI=1S/C14H29NS/c1-14(2,3)15-11-13-8-6-5-7-12(13)9-10-16-4/h12-13,15H,5-11H2,1-4H3. The van der Waals surface area contributed by atoms with Crippen LogP contribution in [0.15, 0.2) is 0 Å². The molecule has 0 bridgehead atoms. The van der Waals surface area contributed by atoms with Gasteiger partial charge in [-0.05, 0) is 64.0 Å². The molecule has 1 aliphatic rings. The second-order valence-corrected chi connectivity index (χ2v) is 7.20. The molecule has 0 aromatic rings. The van der Waals surface area contributed by atoms with Gasteiger partial charge >= 0.3 is 0 Å². The van der Waals surface area contributed by atoms with Gasteiger partial charge in [-0.2, -0.15) is 11.8 Å². The van der Waals surface area contributed by atoms with Gasteiger partial charge in [0.1, 0.15) is 0 Å². The van der Waals surface area contributed by atoms with Gasteiger partial charge in [0.2, 0.25) is 0 Å². The van der Waals surface area contributed by atoms with Gasteiger partial charge < -0.3 is 5.32 Å². The fraction of sp³-hybridized carbons (Fsp3) is 1.00. The first-order valence-electron chi connectivity index (χ1n) is 6.77. The van der Waals surface area contributed by atoms with E-state index >= 15 is 0 Å². The van der Waals surface area contributed by atoms with Crippen molar-refractivity contribution >= 4 is 11.8 Å². The van der Waals surface area contributed by atoms with Gasteiger partial charge in [0.15, 0.2) is 0 Å². The molecule has 0 radical (unpaired) electrons. The Kier molecular flexibility index (Phi) is 6.20. The minimum Gasteiger partial charge on any atom is -0.312 e. The molecule has 96 valence electrons. The molecule has 1 nitrogen and oxygen atoms in total. The monoisotopic (exact) mass is 243 g/mol. The lowest BCUT2D eigenvalue weighted by atomic mass is 9.77. The van der Waals surface area contributed by atoms with Gasteiger partial charge in [0.25, 0.3) is 0 Å². The lowest BCUT2D eigenvalue weighted by Crippen LogP contribution is -2.41. The van der Waals surface area contributed by atoms with Crippen molar-refractivity contribution in [2.24, 2.45) is 11.8 Å². The summed E-state index contributed by atoms with van der Waals surface area (Å²) in [6.45, 7) is 8.04. The van der Waals surface area contributed by atoms with Crippen molar-refractivity contribution in [2.45, 2.75) is 58.4 Å². The lowest BCUT2D eigenvalue weighted by molar-refractivity contribution is 0.210. The Bertz CT molecular complexity index is 186. The van der Waals surface area contributed by atoms with Crippen LogP contribution in [0.2, 0.25) is 0 Å². The molecule has 0 aliphatic heterocycles. The van der Waals surface area contributed by atoms with Crippen LogP contribution in [0.25, 0.3) is 0 Å². The molecule has 1 fully saturated rings. The minimum atomic E-state index is 0.279. The Morgan fingerprint density at radius 3 is 2.31 bits per heavy atom. The Balaban J connectivity index is 2.34. The van der Waals surface area contributed by atoms with Crippen molar-refractivity contribution in [3.63, 3.8) is 0 Å². The molecule has 16 heavy (non-hydrogen) atoms. The minimum absolute atomic E-state index is 0.279. The first-order valence-corrected chi connectivity index (χ1v) is 8.16. The molecule has 0 saturated heterocycles. The molecule has 2 heteroatoms. The van der Waals surface area contributed by atoms with E-state index in [1.807, 2.05) is 11.8 Å². The molecule has 0 spiro atoms. The second kappa shape index (κ2) is 6.90. The number of nitrogens with one attached hydrogen (secondary N) is 1. The SMILES string of the molecule is CSCCC1CCCCC1CNC(C)(C)C. The van der Waals surface area contributed by atoms with Crippen LogP contribution in [0, 0.1) is 11.8 Å². The van der Waals surface area contributed by atoms with Crippen LogP contribution in [0.5, 0.6) is 0 Å². The summed E-state index contributed by atoms with van der Waals surface area (Å²) >= 11 is 2.00. The summed E-state index contributed by atoms with van der Waals surface area (Å²) in [6.07, 6.45) is 9.49.